The van der Waals surface area contributed by atoms with Gasteiger partial charge >= 0.3 is 17.1 Å². The minimum Gasteiger partial charge on any atom is -0.469 e. The molecule has 1 aliphatic rings. The van der Waals surface area contributed by atoms with Crippen LogP contribution in [0.3, 0.4) is 0 Å². The van der Waals surface area contributed by atoms with Crippen molar-refractivity contribution in [1.82, 2.24) is 9.55 Å². The third-order valence-corrected chi connectivity index (χ3v) is 4.26. The number of rotatable bonds is 2. The Morgan fingerprint density at radius 1 is 1.48 bits per heavy atom. The van der Waals surface area contributed by atoms with Gasteiger partial charge in [0.1, 0.15) is 0 Å². The fraction of sp³-hybridized carbons (Fsp3) is 0.357. The van der Waals surface area contributed by atoms with Crippen molar-refractivity contribution in [2.24, 2.45) is 0 Å². The second kappa shape index (κ2) is 5.14. The maximum atomic E-state index is 12.2. The van der Waals surface area contributed by atoms with Crippen LogP contribution in [0.5, 0.6) is 0 Å². The molecule has 0 saturated carbocycles. The van der Waals surface area contributed by atoms with Crippen molar-refractivity contribution in [3.05, 3.63) is 42.9 Å². The summed E-state index contributed by atoms with van der Waals surface area (Å²) in [5, 5.41) is 0. The molecule has 110 valence electrons. The van der Waals surface area contributed by atoms with Crippen molar-refractivity contribution in [2.45, 2.75) is 25.3 Å². The second-order valence-electron chi connectivity index (χ2n) is 5.06. The van der Waals surface area contributed by atoms with Crippen LogP contribution in [0.15, 0.2) is 26.2 Å². The first-order chi connectivity index (χ1) is 10.0. The zero-order valence-corrected chi connectivity index (χ0v) is 12.9. The molecule has 1 aliphatic heterocycles. The molecular formula is C14H13BrN2O4. The van der Waals surface area contributed by atoms with Gasteiger partial charge in [0.25, 0.3) is 0 Å². The van der Waals surface area contributed by atoms with Crippen molar-refractivity contribution in [3.63, 3.8) is 0 Å². The lowest BCUT2D eigenvalue weighted by Gasteiger charge is -2.26. The second-order valence-corrected chi connectivity index (χ2v) is 5.98. The van der Waals surface area contributed by atoms with Gasteiger partial charge in [0, 0.05) is 10.5 Å². The molecule has 1 aromatic carbocycles. The number of carbonyl (C=O) groups is 1. The van der Waals surface area contributed by atoms with Crippen molar-refractivity contribution in [3.8, 4) is 0 Å². The van der Waals surface area contributed by atoms with Gasteiger partial charge in [-0.15, -0.1) is 0 Å². The van der Waals surface area contributed by atoms with E-state index in [-0.39, 0.29) is 18.4 Å². The lowest BCUT2D eigenvalue weighted by molar-refractivity contribution is -0.141. The Balaban J connectivity index is 2.30. The number of esters is 1. The molecule has 7 heteroatoms. The van der Waals surface area contributed by atoms with E-state index >= 15 is 0 Å². The number of nitrogens with zero attached hydrogens (tertiary/aromatic N) is 1. The van der Waals surface area contributed by atoms with Crippen LogP contribution in [0.2, 0.25) is 0 Å². The van der Waals surface area contributed by atoms with Gasteiger partial charge in [0.15, 0.2) is 0 Å². The normalized spacial score (nSPS) is 17.0. The minimum absolute atomic E-state index is 0.0878. The van der Waals surface area contributed by atoms with Crippen LogP contribution in [0.25, 0.3) is 11.0 Å². The van der Waals surface area contributed by atoms with Crippen LogP contribution < -0.4 is 11.1 Å². The number of H-pyrrole nitrogens is 1. The average Bonchev–Trinajstić information content (AvgIpc) is 2.45. The van der Waals surface area contributed by atoms with Crippen molar-refractivity contribution in [2.75, 3.05) is 7.11 Å². The highest BCUT2D eigenvalue weighted by atomic mass is 79.9. The zero-order valence-electron chi connectivity index (χ0n) is 11.3. The predicted octanol–water partition coefficient (Wildman–Crippen LogP) is 1.50. The molecule has 0 amide bonds. The summed E-state index contributed by atoms with van der Waals surface area (Å²) in [5.74, 6) is -0.388. The highest BCUT2D eigenvalue weighted by molar-refractivity contribution is 9.10. The van der Waals surface area contributed by atoms with Gasteiger partial charge in [-0.3, -0.25) is 19.0 Å². The molecule has 0 aliphatic carbocycles. The molecular weight excluding hydrogens is 340 g/mol. The maximum Gasteiger partial charge on any atom is 0.317 e. The average molecular weight is 353 g/mol. The molecule has 0 radical (unpaired) electrons. The van der Waals surface area contributed by atoms with E-state index in [1.165, 1.54) is 11.7 Å². The SMILES string of the molecule is COC(=O)C[C@H]1CCc2cc(Br)cc3[nH]c(=O)c(=O)n1c23. The minimum atomic E-state index is -0.677. The fourth-order valence-electron chi connectivity index (χ4n) is 2.88. The van der Waals surface area contributed by atoms with E-state index in [2.05, 4.69) is 25.7 Å². The molecule has 0 fully saturated rings. The summed E-state index contributed by atoms with van der Waals surface area (Å²) in [6.07, 6.45) is 1.45. The van der Waals surface area contributed by atoms with Crippen molar-refractivity contribution >= 4 is 32.9 Å². The van der Waals surface area contributed by atoms with Crippen LogP contribution in [0.1, 0.15) is 24.4 Å². The molecule has 21 heavy (non-hydrogen) atoms. The van der Waals surface area contributed by atoms with E-state index in [9.17, 15) is 14.4 Å². The largest absolute Gasteiger partial charge is 0.469 e. The predicted molar refractivity (Wildman–Crippen MR) is 80.5 cm³/mol. The van der Waals surface area contributed by atoms with Crippen LogP contribution in [-0.4, -0.2) is 22.6 Å². The number of benzene rings is 1. The van der Waals surface area contributed by atoms with E-state index in [4.69, 9.17) is 0 Å². The van der Waals surface area contributed by atoms with Crippen molar-refractivity contribution < 1.29 is 9.53 Å². The number of nitrogens with one attached hydrogen (secondary N) is 1. The van der Waals surface area contributed by atoms with E-state index in [0.29, 0.717) is 17.5 Å². The molecule has 1 aromatic heterocycles. The Morgan fingerprint density at radius 3 is 2.95 bits per heavy atom. The first kappa shape index (κ1) is 14.1. The van der Waals surface area contributed by atoms with Crippen LogP contribution in [0.4, 0.5) is 0 Å². The molecule has 1 N–H and O–H groups in total. The number of aromatic nitrogens is 2. The molecule has 0 saturated heterocycles. The number of carbonyl (C=O) groups excluding carboxylic acids is 1. The maximum absolute atomic E-state index is 12.2. The topological polar surface area (TPSA) is 81.2 Å². The van der Waals surface area contributed by atoms with Gasteiger partial charge in [0.2, 0.25) is 0 Å². The van der Waals surface area contributed by atoms with Crippen molar-refractivity contribution in [1.29, 1.82) is 0 Å². The number of hydrogen-bond acceptors (Lipinski definition) is 4. The summed E-state index contributed by atoms with van der Waals surface area (Å²) in [6, 6.07) is 3.35. The summed E-state index contributed by atoms with van der Waals surface area (Å²) >= 11 is 3.40. The lowest BCUT2D eigenvalue weighted by atomic mass is 9.96. The Bertz CT molecular complexity index is 852. The zero-order chi connectivity index (χ0) is 15.1. The first-order valence-corrected chi connectivity index (χ1v) is 7.34. The van der Waals surface area contributed by atoms with E-state index in [1.807, 2.05) is 6.07 Å². The van der Waals surface area contributed by atoms with E-state index in [0.717, 1.165) is 16.5 Å². The number of ether oxygens (including phenoxy) is 1. The van der Waals surface area contributed by atoms with Gasteiger partial charge in [-0.05, 0) is 30.5 Å². The van der Waals surface area contributed by atoms with Crippen LogP contribution in [0, 0.1) is 0 Å². The Hall–Kier alpha value is -1.89. The summed E-state index contributed by atoms with van der Waals surface area (Å²) in [6.45, 7) is 0. The molecule has 2 heterocycles. The quantitative estimate of drug-likeness (QED) is 0.655. The Kier molecular flexibility index (Phi) is 3.44. The molecule has 6 nitrogen and oxygen atoms in total. The number of aromatic amines is 1. The first-order valence-electron chi connectivity index (χ1n) is 6.55. The molecule has 1 atom stereocenters. The monoisotopic (exact) mass is 352 g/mol. The highest BCUT2D eigenvalue weighted by Crippen LogP contribution is 2.32. The van der Waals surface area contributed by atoms with Gasteiger partial charge in [0.05, 0.1) is 24.6 Å². The molecule has 3 rings (SSSR count). The third-order valence-electron chi connectivity index (χ3n) is 3.80. The van der Waals surface area contributed by atoms with Crippen LogP contribution in [-0.2, 0) is 16.0 Å². The smallest absolute Gasteiger partial charge is 0.317 e. The molecule has 2 aromatic rings. The summed E-state index contributed by atoms with van der Waals surface area (Å²) < 4.78 is 6.96. The van der Waals surface area contributed by atoms with E-state index in [1.54, 1.807) is 6.07 Å². The summed E-state index contributed by atoms with van der Waals surface area (Å²) in [4.78, 5) is 38.2. The van der Waals surface area contributed by atoms with E-state index < -0.39 is 11.1 Å². The standard InChI is InChI=1S/C14H13BrN2O4/c1-21-11(18)6-9-3-2-7-4-8(15)5-10-12(7)17(9)14(20)13(19)16-10/h4-5,9H,2-3,6H2,1H3,(H,16,19)/t9-/m1/s1. The highest BCUT2D eigenvalue weighted by Gasteiger charge is 2.26. The van der Waals surface area contributed by atoms with Gasteiger partial charge in [-0.2, -0.15) is 0 Å². The Labute approximate surface area is 127 Å². The number of methoxy groups -OCH3 is 1. The number of aryl methyl sites for hydroxylation is 1. The molecule has 0 spiro atoms. The summed E-state index contributed by atoms with van der Waals surface area (Å²) in [7, 11) is 1.31. The lowest BCUT2D eigenvalue weighted by Crippen LogP contribution is -2.40. The third kappa shape index (κ3) is 2.31. The van der Waals surface area contributed by atoms with Gasteiger partial charge in [-0.1, -0.05) is 15.9 Å². The summed E-state index contributed by atoms with van der Waals surface area (Å²) in [5.41, 5.74) is 0.971. The number of hydrogen-bond donors (Lipinski definition) is 1. The van der Waals surface area contributed by atoms with Gasteiger partial charge in [-0.25, -0.2) is 0 Å². The van der Waals surface area contributed by atoms with Crippen LogP contribution >= 0.6 is 15.9 Å². The number of halogens is 1. The molecule has 0 bridgehead atoms. The molecule has 0 unspecified atom stereocenters. The Morgan fingerprint density at radius 2 is 2.24 bits per heavy atom. The fourth-order valence-corrected chi connectivity index (χ4v) is 3.39. The van der Waals surface area contributed by atoms with Gasteiger partial charge < -0.3 is 9.72 Å².